The molecule has 7 nitrogen and oxygen atoms in total. The van der Waals surface area contributed by atoms with Gasteiger partial charge in [0.05, 0.1) is 18.7 Å². The second-order valence-electron chi connectivity index (χ2n) is 8.50. The summed E-state index contributed by atoms with van der Waals surface area (Å²) in [4.78, 5) is 31.0. The van der Waals surface area contributed by atoms with Crippen molar-refractivity contribution in [1.29, 1.82) is 0 Å². The molecular formula is C20H34N4O3. The molecule has 152 valence electrons. The summed E-state index contributed by atoms with van der Waals surface area (Å²) in [6.07, 6.45) is 8.85. The fourth-order valence-corrected chi connectivity index (χ4v) is 5.59. The monoisotopic (exact) mass is 378 g/mol. The van der Waals surface area contributed by atoms with Crippen molar-refractivity contribution < 1.29 is 14.3 Å². The molecule has 3 saturated heterocycles. The Kier molecular flexibility index (Phi) is 5.76. The maximum absolute atomic E-state index is 12.5. The van der Waals surface area contributed by atoms with Crippen molar-refractivity contribution in [3.05, 3.63) is 0 Å². The van der Waals surface area contributed by atoms with Crippen LogP contribution < -0.4 is 5.32 Å². The fraction of sp³-hybridized carbons (Fsp3) is 0.900. The first-order valence-corrected chi connectivity index (χ1v) is 10.9. The number of nitrogens with one attached hydrogen (secondary N) is 1. The summed E-state index contributed by atoms with van der Waals surface area (Å²) in [6.45, 7) is 6.01. The minimum Gasteiger partial charge on any atom is -0.450 e. The number of carbonyl (C=O) groups is 2. The van der Waals surface area contributed by atoms with Crippen molar-refractivity contribution in [2.24, 2.45) is 0 Å². The maximum atomic E-state index is 12.5. The lowest BCUT2D eigenvalue weighted by atomic mass is 9.89. The molecule has 3 aliphatic heterocycles. The van der Waals surface area contributed by atoms with E-state index >= 15 is 0 Å². The third kappa shape index (κ3) is 3.89. The Morgan fingerprint density at radius 2 is 1.67 bits per heavy atom. The Hall–Kier alpha value is -1.50. The number of piperidine rings is 2. The third-order valence-corrected chi connectivity index (χ3v) is 7.03. The average Bonchev–Trinajstić information content (AvgIpc) is 3.04. The van der Waals surface area contributed by atoms with E-state index in [2.05, 4.69) is 15.1 Å². The summed E-state index contributed by atoms with van der Waals surface area (Å²) < 4.78 is 5.12. The molecule has 0 aromatic rings. The van der Waals surface area contributed by atoms with Gasteiger partial charge < -0.3 is 24.8 Å². The molecule has 1 N–H and O–H groups in total. The average molecular weight is 379 g/mol. The molecule has 0 aromatic carbocycles. The highest BCUT2D eigenvalue weighted by molar-refractivity contribution is 5.78. The van der Waals surface area contributed by atoms with Gasteiger partial charge in [-0.2, -0.15) is 0 Å². The minimum absolute atomic E-state index is 0.170. The van der Waals surface area contributed by atoms with E-state index in [1.807, 2.05) is 11.8 Å². The lowest BCUT2D eigenvalue weighted by molar-refractivity contribution is 0.0490. The Morgan fingerprint density at radius 1 is 1.00 bits per heavy atom. The molecule has 0 aromatic heterocycles. The van der Waals surface area contributed by atoms with Crippen LogP contribution in [0.25, 0.3) is 0 Å². The standard InChI is InChI=1S/C20H34N4O3/c1-2-27-20(26)23-13-7-15(8-14-23)22-11-9-16(10-12-22)24-18-6-4-3-5-17(18)21-19(24)25/h15-18H,2-14H2,1H3,(H,21,25)/t17-,18+/m0/s1. The number of ether oxygens (including phenoxy) is 1. The van der Waals surface area contributed by atoms with Gasteiger partial charge in [0.25, 0.3) is 0 Å². The number of fused-ring (bicyclic) bond motifs is 1. The van der Waals surface area contributed by atoms with E-state index in [0.29, 0.717) is 30.8 Å². The van der Waals surface area contributed by atoms with E-state index < -0.39 is 0 Å². The van der Waals surface area contributed by atoms with Gasteiger partial charge in [-0.25, -0.2) is 9.59 Å². The van der Waals surface area contributed by atoms with E-state index in [-0.39, 0.29) is 12.1 Å². The molecule has 1 saturated carbocycles. The molecule has 0 radical (unpaired) electrons. The zero-order valence-electron chi connectivity index (χ0n) is 16.6. The Labute approximate surface area is 162 Å². The zero-order chi connectivity index (χ0) is 18.8. The maximum Gasteiger partial charge on any atom is 0.409 e. The molecule has 3 amide bonds. The number of hydrogen-bond donors (Lipinski definition) is 1. The van der Waals surface area contributed by atoms with Crippen LogP contribution in [-0.2, 0) is 4.74 Å². The van der Waals surface area contributed by atoms with Crippen LogP contribution in [0.2, 0.25) is 0 Å². The van der Waals surface area contributed by atoms with Gasteiger partial charge in [-0.15, -0.1) is 0 Å². The molecule has 2 atom stereocenters. The van der Waals surface area contributed by atoms with Crippen molar-refractivity contribution in [2.75, 3.05) is 32.8 Å². The van der Waals surface area contributed by atoms with Gasteiger partial charge in [-0.05, 0) is 45.4 Å². The highest BCUT2D eigenvalue weighted by Crippen LogP contribution is 2.33. The number of nitrogens with zero attached hydrogens (tertiary/aromatic N) is 3. The van der Waals surface area contributed by atoms with E-state index in [1.165, 1.54) is 12.8 Å². The first kappa shape index (κ1) is 18.8. The normalized spacial score (nSPS) is 30.9. The van der Waals surface area contributed by atoms with E-state index in [1.54, 1.807) is 0 Å². The summed E-state index contributed by atoms with van der Waals surface area (Å²) in [5.74, 6) is 0. The van der Waals surface area contributed by atoms with Crippen molar-refractivity contribution in [1.82, 2.24) is 20.0 Å². The van der Waals surface area contributed by atoms with Crippen LogP contribution in [-0.4, -0.2) is 83.8 Å². The van der Waals surface area contributed by atoms with Crippen molar-refractivity contribution in [3.8, 4) is 0 Å². The van der Waals surface area contributed by atoms with Crippen LogP contribution in [0.3, 0.4) is 0 Å². The quantitative estimate of drug-likeness (QED) is 0.819. The SMILES string of the molecule is CCOC(=O)N1CCC(N2CCC(N3C(=O)N[C@H]4CCCC[C@H]43)CC2)CC1. The van der Waals surface area contributed by atoms with E-state index in [9.17, 15) is 9.59 Å². The van der Waals surface area contributed by atoms with Gasteiger partial charge in [-0.1, -0.05) is 12.8 Å². The van der Waals surface area contributed by atoms with Crippen LogP contribution in [0.5, 0.6) is 0 Å². The molecule has 4 fully saturated rings. The minimum atomic E-state index is -0.170. The molecular weight excluding hydrogens is 344 g/mol. The van der Waals surface area contributed by atoms with Crippen LogP contribution in [0.4, 0.5) is 9.59 Å². The summed E-state index contributed by atoms with van der Waals surface area (Å²) in [7, 11) is 0. The van der Waals surface area contributed by atoms with Gasteiger partial charge in [0.1, 0.15) is 0 Å². The zero-order valence-corrected chi connectivity index (χ0v) is 16.6. The first-order chi connectivity index (χ1) is 13.2. The summed E-state index contributed by atoms with van der Waals surface area (Å²) >= 11 is 0. The number of urea groups is 1. The molecule has 0 unspecified atom stereocenters. The number of likely N-dealkylation sites (tertiary alicyclic amines) is 2. The lowest BCUT2D eigenvalue weighted by Gasteiger charge is -2.44. The topological polar surface area (TPSA) is 65.1 Å². The lowest BCUT2D eigenvalue weighted by Crippen LogP contribution is -2.53. The molecule has 0 bridgehead atoms. The highest BCUT2D eigenvalue weighted by atomic mass is 16.6. The molecule has 4 aliphatic rings. The predicted molar refractivity (Wildman–Crippen MR) is 103 cm³/mol. The summed E-state index contributed by atoms with van der Waals surface area (Å²) in [5.41, 5.74) is 0. The molecule has 4 rings (SSSR count). The fourth-order valence-electron chi connectivity index (χ4n) is 5.59. The second kappa shape index (κ2) is 8.25. The molecule has 7 heteroatoms. The van der Waals surface area contributed by atoms with Crippen molar-refractivity contribution in [2.45, 2.75) is 82.5 Å². The number of carbonyl (C=O) groups excluding carboxylic acids is 2. The molecule has 0 spiro atoms. The molecule has 1 aliphatic carbocycles. The molecule has 3 heterocycles. The number of amides is 3. The van der Waals surface area contributed by atoms with Crippen LogP contribution in [0.15, 0.2) is 0 Å². The summed E-state index contributed by atoms with van der Waals surface area (Å²) in [6, 6.07) is 1.95. The number of rotatable bonds is 3. The van der Waals surface area contributed by atoms with E-state index in [0.717, 1.165) is 64.7 Å². The smallest absolute Gasteiger partial charge is 0.409 e. The first-order valence-electron chi connectivity index (χ1n) is 10.9. The summed E-state index contributed by atoms with van der Waals surface area (Å²) in [5, 5.41) is 3.23. The predicted octanol–water partition coefficient (Wildman–Crippen LogP) is 2.41. The van der Waals surface area contributed by atoms with E-state index in [4.69, 9.17) is 4.74 Å². The number of hydrogen-bond acceptors (Lipinski definition) is 4. The Bertz CT molecular complexity index is 541. The van der Waals surface area contributed by atoms with Gasteiger partial charge in [0, 0.05) is 38.3 Å². The van der Waals surface area contributed by atoms with Gasteiger partial charge in [0.2, 0.25) is 0 Å². The van der Waals surface area contributed by atoms with Crippen molar-refractivity contribution >= 4 is 12.1 Å². The van der Waals surface area contributed by atoms with Gasteiger partial charge in [-0.3, -0.25) is 0 Å². The Morgan fingerprint density at radius 3 is 2.37 bits per heavy atom. The third-order valence-electron chi connectivity index (χ3n) is 7.03. The van der Waals surface area contributed by atoms with Crippen molar-refractivity contribution in [3.63, 3.8) is 0 Å². The second-order valence-corrected chi connectivity index (χ2v) is 8.50. The van der Waals surface area contributed by atoms with Gasteiger partial charge >= 0.3 is 12.1 Å². The van der Waals surface area contributed by atoms with Gasteiger partial charge in [0.15, 0.2) is 0 Å². The molecule has 27 heavy (non-hydrogen) atoms. The van der Waals surface area contributed by atoms with Crippen LogP contribution >= 0.6 is 0 Å². The largest absolute Gasteiger partial charge is 0.450 e. The van der Waals surface area contributed by atoms with Crippen LogP contribution in [0, 0.1) is 0 Å². The van der Waals surface area contributed by atoms with Crippen LogP contribution in [0.1, 0.15) is 58.3 Å². The highest BCUT2D eigenvalue weighted by Gasteiger charge is 2.44. The Balaban J connectivity index is 1.26.